The average molecular weight is 290 g/mol. The SMILES string of the molecule is CCC(N)Cc1ccc(Oc2ccc(C)cc2Cl)cc1. The standard InChI is InChI=1S/C17H20ClNO/c1-3-14(19)11-13-5-7-15(8-6-13)20-17-9-4-12(2)10-16(17)18/h4-10,14H,3,11,19H2,1-2H3. The Bertz CT molecular complexity index is 566. The summed E-state index contributed by atoms with van der Waals surface area (Å²) in [4.78, 5) is 0. The topological polar surface area (TPSA) is 35.2 Å². The average Bonchev–Trinajstić information content (AvgIpc) is 2.44. The molecule has 3 heteroatoms. The van der Waals surface area contributed by atoms with Crippen LogP contribution in [0, 0.1) is 6.92 Å². The summed E-state index contributed by atoms with van der Waals surface area (Å²) in [6.45, 7) is 4.10. The highest BCUT2D eigenvalue weighted by Crippen LogP contribution is 2.30. The molecule has 0 fully saturated rings. The lowest BCUT2D eigenvalue weighted by molar-refractivity contribution is 0.482. The Hall–Kier alpha value is -1.51. The molecule has 106 valence electrons. The van der Waals surface area contributed by atoms with E-state index in [-0.39, 0.29) is 6.04 Å². The number of rotatable bonds is 5. The number of halogens is 1. The lowest BCUT2D eigenvalue weighted by atomic mass is 10.0. The lowest BCUT2D eigenvalue weighted by Crippen LogP contribution is -2.21. The molecule has 0 saturated carbocycles. The summed E-state index contributed by atoms with van der Waals surface area (Å²) in [5, 5.41) is 0.627. The van der Waals surface area contributed by atoms with Crippen molar-refractivity contribution in [2.75, 3.05) is 0 Å². The third kappa shape index (κ3) is 3.99. The number of benzene rings is 2. The van der Waals surface area contributed by atoms with Crippen LogP contribution in [0.3, 0.4) is 0 Å². The van der Waals surface area contributed by atoms with Gasteiger partial charge in [0.05, 0.1) is 5.02 Å². The van der Waals surface area contributed by atoms with E-state index in [1.165, 1.54) is 5.56 Å². The summed E-state index contributed by atoms with van der Waals surface area (Å²) < 4.78 is 5.79. The van der Waals surface area contributed by atoms with Crippen LogP contribution in [0.4, 0.5) is 0 Å². The summed E-state index contributed by atoms with van der Waals surface area (Å²) in [6.07, 6.45) is 1.87. The van der Waals surface area contributed by atoms with Gasteiger partial charge in [-0.3, -0.25) is 0 Å². The van der Waals surface area contributed by atoms with Crippen LogP contribution in [-0.4, -0.2) is 6.04 Å². The van der Waals surface area contributed by atoms with Crippen LogP contribution < -0.4 is 10.5 Å². The van der Waals surface area contributed by atoms with Gasteiger partial charge in [0.15, 0.2) is 0 Å². The Morgan fingerprint density at radius 2 is 1.85 bits per heavy atom. The van der Waals surface area contributed by atoms with Gasteiger partial charge in [-0.05, 0) is 55.2 Å². The van der Waals surface area contributed by atoms with Gasteiger partial charge in [-0.25, -0.2) is 0 Å². The van der Waals surface area contributed by atoms with E-state index in [0.29, 0.717) is 10.8 Å². The van der Waals surface area contributed by atoms with Crippen molar-refractivity contribution in [2.24, 2.45) is 5.73 Å². The maximum absolute atomic E-state index is 6.16. The quantitative estimate of drug-likeness (QED) is 0.864. The minimum absolute atomic E-state index is 0.216. The largest absolute Gasteiger partial charge is 0.456 e. The Morgan fingerprint density at radius 1 is 1.15 bits per heavy atom. The van der Waals surface area contributed by atoms with Crippen molar-refractivity contribution in [1.82, 2.24) is 0 Å². The Labute approximate surface area is 125 Å². The molecule has 0 radical (unpaired) electrons. The van der Waals surface area contributed by atoms with Gasteiger partial charge < -0.3 is 10.5 Å². The second-order valence-corrected chi connectivity index (χ2v) is 5.46. The van der Waals surface area contributed by atoms with Crippen LogP contribution in [0.1, 0.15) is 24.5 Å². The van der Waals surface area contributed by atoms with E-state index < -0.39 is 0 Å². The molecule has 0 bridgehead atoms. The first-order valence-electron chi connectivity index (χ1n) is 6.87. The van der Waals surface area contributed by atoms with Gasteiger partial charge in [0.25, 0.3) is 0 Å². The van der Waals surface area contributed by atoms with Crippen LogP contribution in [0.5, 0.6) is 11.5 Å². The highest BCUT2D eigenvalue weighted by atomic mass is 35.5. The summed E-state index contributed by atoms with van der Waals surface area (Å²) in [7, 11) is 0. The minimum atomic E-state index is 0.216. The number of ether oxygens (including phenoxy) is 1. The molecule has 20 heavy (non-hydrogen) atoms. The van der Waals surface area contributed by atoms with Crippen LogP contribution in [-0.2, 0) is 6.42 Å². The Balaban J connectivity index is 2.07. The number of hydrogen-bond donors (Lipinski definition) is 1. The number of hydrogen-bond acceptors (Lipinski definition) is 2. The molecule has 2 nitrogen and oxygen atoms in total. The monoisotopic (exact) mass is 289 g/mol. The van der Waals surface area contributed by atoms with E-state index in [1.807, 2.05) is 49.4 Å². The number of nitrogens with two attached hydrogens (primary N) is 1. The second-order valence-electron chi connectivity index (χ2n) is 5.05. The molecule has 0 aromatic heterocycles. The highest BCUT2D eigenvalue weighted by molar-refractivity contribution is 6.32. The van der Waals surface area contributed by atoms with E-state index in [2.05, 4.69) is 6.92 Å². The predicted octanol–water partition coefficient (Wildman–Crippen LogP) is 4.72. The molecule has 0 amide bonds. The molecule has 0 aliphatic carbocycles. The van der Waals surface area contributed by atoms with Crippen molar-refractivity contribution in [2.45, 2.75) is 32.7 Å². The van der Waals surface area contributed by atoms with Crippen molar-refractivity contribution in [3.05, 3.63) is 58.6 Å². The van der Waals surface area contributed by atoms with Crippen molar-refractivity contribution in [3.8, 4) is 11.5 Å². The van der Waals surface area contributed by atoms with Crippen LogP contribution >= 0.6 is 11.6 Å². The van der Waals surface area contributed by atoms with Gasteiger partial charge in [0.2, 0.25) is 0 Å². The zero-order chi connectivity index (χ0) is 14.5. The van der Waals surface area contributed by atoms with Gasteiger partial charge in [-0.15, -0.1) is 0 Å². The second kappa shape index (κ2) is 6.78. The smallest absolute Gasteiger partial charge is 0.146 e. The zero-order valence-electron chi connectivity index (χ0n) is 11.9. The third-order valence-corrected chi connectivity index (χ3v) is 3.56. The van der Waals surface area contributed by atoms with Crippen molar-refractivity contribution in [3.63, 3.8) is 0 Å². The molecule has 0 saturated heterocycles. The molecule has 0 aliphatic heterocycles. The first-order chi connectivity index (χ1) is 9.58. The van der Waals surface area contributed by atoms with Gasteiger partial charge >= 0.3 is 0 Å². The van der Waals surface area contributed by atoms with E-state index in [0.717, 1.165) is 24.2 Å². The summed E-state index contributed by atoms with van der Waals surface area (Å²) >= 11 is 6.16. The minimum Gasteiger partial charge on any atom is -0.456 e. The van der Waals surface area contributed by atoms with Gasteiger partial charge in [-0.2, -0.15) is 0 Å². The molecule has 0 spiro atoms. The molecule has 1 unspecified atom stereocenters. The fraction of sp³-hybridized carbons (Fsp3) is 0.294. The van der Waals surface area contributed by atoms with Crippen molar-refractivity contribution < 1.29 is 4.74 Å². The van der Waals surface area contributed by atoms with Gasteiger partial charge in [0, 0.05) is 6.04 Å². The normalized spacial score (nSPS) is 12.2. The number of aryl methyl sites for hydroxylation is 1. The molecular weight excluding hydrogens is 270 g/mol. The summed E-state index contributed by atoms with van der Waals surface area (Å²) in [6, 6.07) is 14.0. The van der Waals surface area contributed by atoms with Crippen molar-refractivity contribution >= 4 is 11.6 Å². The Kier molecular flexibility index (Phi) is 5.05. The fourth-order valence-corrected chi connectivity index (χ4v) is 2.23. The van der Waals surface area contributed by atoms with Crippen LogP contribution in [0.15, 0.2) is 42.5 Å². The molecule has 2 rings (SSSR count). The van der Waals surface area contributed by atoms with Crippen LogP contribution in [0.2, 0.25) is 5.02 Å². The van der Waals surface area contributed by atoms with E-state index in [1.54, 1.807) is 0 Å². The van der Waals surface area contributed by atoms with E-state index in [4.69, 9.17) is 22.1 Å². The van der Waals surface area contributed by atoms with Crippen molar-refractivity contribution in [1.29, 1.82) is 0 Å². The molecular formula is C17H20ClNO. The Morgan fingerprint density at radius 3 is 2.45 bits per heavy atom. The first-order valence-corrected chi connectivity index (χ1v) is 7.25. The fourth-order valence-electron chi connectivity index (χ4n) is 1.96. The molecule has 2 aromatic carbocycles. The highest BCUT2D eigenvalue weighted by Gasteiger charge is 2.05. The summed E-state index contributed by atoms with van der Waals surface area (Å²) in [5.41, 5.74) is 8.29. The van der Waals surface area contributed by atoms with Gasteiger partial charge in [-0.1, -0.05) is 36.7 Å². The third-order valence-electron chi connectivity index (χ3n) is 3.26. The van der Waals surface area contributed by atoms with Crippen LogP contribution in [0.25, 0.3) is 0 Å². The van der Waals surface area contributed by atoms with E-state index in [9.17, 15) is 0 Å². The molecule has 2 N–H and O–H groups in total. The van der Waals surface area contributed by atoms with E-state index >= 15 is 0 Å². The predicted molar refractivity (Wildman–Crippen MR) is 84.7 cm³/mol. The molecule has 0 heterocycles. The lowest BCUT2D eigenvalue weighted by Gasteiger charge is -2.11. The van der Waals surface area contributed by atoms with Gasteiger partial charge in [0.1, 0.15) is 11.5 Å². The molecule has 1 atom stereocenters. The summed E-state index contributed by atoms with van der Waals surface area (Å²) in [5.74, 6) is 1.46. The maximum Gasteiger partial charge on any atom is 0.146 e. The molecule has 2 aromatic rings. The first kappa shape index (κ1) is 14.9. The maximum atomic E-state index is 6.16. The molecule has 0 aliphatic rings. The zero-order valence-corrected chi connectivity index (χ0v) is 12.7.